The third-order valence-corrected chi connectivity index (χ3v) is 4.36. The lowest BCUT2D eigenvalue weighted by Crippen LogP contribution is -2.18. The average Bonchev–Trinajstić information content (AvgIpc) is 3.03. The van der Waals surface area contributed by atoms with E-state index in [1.165, 1.54) is 12.1 Å². The summed E-state index contributed by atoms with van der Waals surface area (Å²) in [6, 6.07) is 13.9. The first-order valence-corrected chi connectivity index (χ1v) is 8.53. The summed E-state index contributed by atoms with van der Waals surface area (Å²) in [4.78, 5) is 12.4. The number of alkyl halides is 3. The van der Waals surface area contributed by atoms with E-state index in [2.05, 4.69) is 31.1 Å². The van der Waals surface area contributed by atoms with Crippen LogP contribution < -0.4 is 10.1 Å². The molecule has 3 rings (SSSR count). The van der Waals surface area contributed by atoms with Crippen molar-refractivity contribution < 1.29 is 22.7 Å². The SMILES string of the molecule is O=C(Nc1ccnn1Cc1ccccc1Br)c1ccc(OC(F)(F)F)cc1. The Hall–Kier alpha value is -2.81. The Morgan fingerprint density at radius 1 is 1.11 bits per heavy atom. The number of halogens is 4. The van der Waals surface area contributed by atoms with Crippen molar-refractivity contribution in [2.75, 3.05) is 5.32 Å². The summed E-state index contributed by atoms with van der Waals surface area (Å²) in [5.74, 6) is -0.396. The number of hydrogen-bond acceptors (Lipinski definition) is 3. The molecule has 0 radical (unpaired) electrons. The summed E-state index contributed by atoms with van der Waals surface area (Å²) in [6.45, 7) is 0.433. The fourth-order valence-corrected chi connectivity index (χ4v) is 2.76. The van der Waals surface area contributed by atoms with Gasteiger partial charge in [-0.3, -0.25) is 4.79 Å². The maximum Gasteiger partial charge on any atom is 0.573 e. The van der Waals surface area contributed by atoms with Crippen LogP contribution in [-0.4, -0.2) is 22.1 Å². The summed E-state index contributed by atoms with van der Waals surface area (Å²) in [5.41, 5.74) is 1.17. The highest BCUT2D eigenvalue weighted by Gasteiger charge is 2.31. The number of benzene rings is 2. The average molecular weight is 440 g/mol. The lowest BCUT2D eigenvalue weighted by molar-refractivity contribution is -0.274. The number of nitrogens with one attached hydrogen (secondary N) is 1. The standard InChI is InChI=1S/C18H13BrF3N3O2/c19-15-4-2-1-3-13(15)11-25-16(9-10-23-25)24-17(26)12-5-7-14(8-6-12)27-18(20,21)22/h1-10H,11H2,(H,24,26). The van der Waals surface area contributed by atoms with Crippen LogP contribution in [0.1, 0.15) is 15.9 Å². The highest BCUT2D eigenvalue weighted by Crippen LogP contribution is 2.23. The van der Waals surface area contributed by atoms with Crippen LogP contribution in [0.25, 0.3) is 0 Å². The van der Waals surface area contributed by atoms with Crippen molar-refractivity contribution in [3.8, 4) is 5.75 Å². The Balaban J connectivity index is 1.70. The highest BCUT2D eigenvalue weighted by atomic mass is 79.9. The number of rotatable bonds is 5. The molecule has 5 nitrogen and oxygen atoms in total. The minimum Gasteiger partial charge on any atom is -0.406 e. The zero-order valence-electron chi connectivity index (χ0n) is 13.7. The predicted octanol–water partition coefficient (Wildman–Crippen LogP) is 4.84. The van der Waals surface area contributed by atoms with Crippen molar-refractivity contribution in [2.45, 2.75) is 12.9 Å². The molecule has 1 N–H and O–H groups in total. The van der Waals surface area contributed by atoms with Crippen LogP contribution in [-0.2, 0) is 6.54 Å². The van der Waals surface area contributed by atoms with E-state index in [4.69, 9.17) is 0 Å². The molecule has 0 aliphatic rings. The first-order valence-electron chi connectivity index (χ1n) is 7.74. The van der Waals surface area contributed by atoms with Crippen molar-refractivity contribution >= 4 is 27.7 Å². The summed E-state index contributed by atoms with van der Waals surface area (Å²) in [5, 5.41) is 6.89. The summed E-state index contributed by atoms with van der Waals surface area (Å²) in [6.07, 6.45) is -3.23. The van der Waals surface area contributed by atoms with Crippen molar-refractivity contribution in [2.24, 2.45) is 0 Å². The fourth-order valence-electron chi connectivity index (χ4n) is 2.35. The highest BCUT2D eigenvalue weighted by molar-refractivity contribution is 9.10. The van der Waals surface area contributed by atoms with Gasteiger partial charge in [0.1, 0.15) is 11.6 Å². The molecule has 0 atom stereocenters. The first kappa shape index (κ1) is 19.0. The van der Waals surface area contributed by atoms with Gasteiger partial charge in [0.25, 0.3) is 5.91 Å². The van der Waals surface area contributed by atoms with E-state index in [-0.39, 0.29) is 5.56 Å². The molecule has 0 spiro atoms. The van der Waals surface area contributed by atoms with Crippen LogP contribution >= 0.6 is 15.9 Å². The molecule has 2 aromatic carbocycles. The number of anilines is 1. The van der Waals surface area contributed by atoms with Gasteiger partial charge < -0.3 is 10.1 Å². The molecule has 0 aliphatic heterocycles. The van der Waals surface area contributed by atoms with Gasteiger partial charge in [0, 0.05) is 16.1 Å². The van der Waals surface area contributed by atoms with Gasteiger partial charge in [-0.05, 0) is 35.9 Å². The molecule has 27 heavy (non-hydrogen) atoms. The van der Waals surface area contributed by atoms with Gasteiger partial charge in [-0.25, -0.2) is 4.68 Å². The van der Waals surface area contributed by atoms with Gasteiger partial charge in [0.15, 0.2) is 0 Å². The molecule has 0 saturated carbocycles. The van der Waals surface area contributed by atoms with Gasteiger partial charge in [-0.15, -0.1) is 13.2 Å². The molecule has 3 aromatic rings. The Labute approximate surface area is 160 Å². The third kappa shape index (κ3) is 5.10. The number of carbonyl (C=O) groups is 1. The zero-order valence-corrected chi connectivity index (χ0v) is 15.3. The summed E-state index contributed by atoms with van der Waals surface area (Å²) >= 11 is 3.46. The van der Waals surface area contributed by atoms with Crippen molar-refractivity contribution in [3.63, 3.8) is 0 Å². The molecule has 0 unspecified atom stereocenters. The second-order valence-electron chi connectivity index (χ2n) is 5.49. The van der Waals surface area contributed by atoms with E-state index < -0.39 is 18.0 Å². The van der Waals surface area contributed by atoms with E-state index in [9.17, 15) is 18.0 Å². The topological polar surface area (TPSA) is 56.2 Å². The van der Waals surface area contributed by atoms with Crippen molar-refractivity contribution in [1.29, 1.82) is 0 Å². The molecule has 1 amide bonds. The molecular weight excluding hydrogens is 427 g/mol. The van der Waals surface area contributed by atoms with Crippen LogP contribution in [0.4, 0.5) is 19.0 Å². The molecule has 1 heterocycles. The number of amides is 1. The lowest BCUT2D eigenvalue weighted by Gasteiger charge is -2.11. The van der Waals surface area contributed by atoms with Crippen LogP contribution in [0.15, 0.2) is 65.3 Å². The summed E-state index contributed by atoms with van der Waals surface area (Å²) in [7, 11) is 0. The number of nitrogens with zero attached hydrogens (tertiary/aromatic N) is 2. The Morgan fingerprint density at radius 3 is 2.48 bits per heavy atom. The minimum absolute atomic E-state index is 0.193. The third-order valence-electron chi connectivity index (χ3n) is 3.59. The molecule has 0 bridgehead atoms. The molecular formula is C18H13BrF3N3O2. The lowest BCUT2D eigenvalue weighted by atomic mass is 10.2. The molecule has 140 valence electrons. The van der Waals surface area contributed by atoms with E-state index in [1.807, 2.05) is 24.3 Å². The maximum atomic E-state index is 12.4. The molecule has 0 fully saturated rings. The quantitative estimate of drug-likeness (QED) is 0.618. The predicted molar refractivity (Wildman–Crippen MR) is 96.5 cm³/mol. The zero-order chi connectivity index (χ0) is 19.4. The number of aromatic nitrogens is 2. The maximum absolute atomic E-state index is 12.4. The largest absolute Gasteiger partial charge is 0.573 e. The summed E-state index contributed by atoms with van der Waals surface area (Å²) < 4.78 is 42.9. The first-order chi connectivity index (χ1) is 12.8. The number of carbonyl (C=O) groups excluding carboxylic acids is 1. The van der Waals surface area contributed by atoms with Crippen LogP contribution in [0, 0.1) is 0 Å². The molecule has 0 saturated heterocycles. The van der Waals surface area contributed by atoms with E-state index in [0.717, 1.165) is 22.2 Å². The van der Waals surface area contributed by atoms with Crippen LogP contribution in [0.2, 0.25) is 0 Å². The second-order valence-corrected chi connectivity index (χ2v) is 6.35. The van der Waals surface area contributed by atoms with Gasteiger partial charge in [-0.2, -0.15) is 5.10 Å². The minimum atomic E-state index is -4.78. The van der Waals surface area contributed by atoms with Gasteiger partial charge >= 0.3 is 6.36 Å². The van der Waals surface area contributed by atoms with E-state index in [0.29, 0.717) is 12.4 Å². The smallest absolute Gasteiger partial charge is 0.406 e. The van der Waals surface area contributed by atoms with Gasteiger partial charge in [-0.1, -0.05) is 34.1 Å². The molecule has 9 heteroatoms. The van der Waals surface area contributed by atoms with Crippen LogP contribution in [0.3, 0.4) is 0 Å². The monoisotopic (exact) mass is 439 g/mol. The fraction of sp³-hybridized carbons (Fsp3) is 0.111. The van der Waals surface area contributed by atoms with Gasteiger partial charge in [0.2, 0.25) is 0 Å². The number of hydrogen-bond donors (Lipinski definition) is 1. The van der Waals surface area contributed by atoms with Crippen molar-refractivity contribution in [1.82, 2.24) is 9.78 Å². The Kier molecular flexibility index (Phi) is 5.50. The van der Waals surface area contributed by atoms with Crippen molar-refractivity contribution in [3.05, 3.63) is 76.4 Å². The van der Waals surface area contributed by atoms with E-state index in [1.54, 1.807) is 16.9 Å². The number of ether oxygens (including phenoxy) is 1. The molecule has 0 aliphatic carbocycles. The molecule has 1 aromatic heterocycles. The Bertz CT molecular complexity index is 940. The Morgan fingerprint density at radius 2 is 1.81 bits per heavy atom. The van der Waals surface area contributed by atoms with Gasteiger partial charge in [0.05, 0.1) is 12.7 Å². The van der Waals surface area contributed by atoms with Crippen LogP contribution in [0.5, 0.6) is 5.75 Å². The second kappa shape index (κ2) is 7.83. The van der Waals surface area contributed by atoms with E-state index >= 15 is 0 Å². The normalized spacial score (nSPS) is 11.3.